The second-order valence-corrected chi connectivity index (χ2v) is 6.80. The Hall–Kier alpha value is -2.02. The van der Waals surface area contributed by atoms with Crippen molar-refractivity contribution in [1.29, 1.82) is 0 Å². The molecular weight excluding hydrogens is 306 g/mol. The zero-order valence-corrected chi connectivity index (χ0v) is 13.6. The first-order valence-corrected chi connectivity index (χ1v) is 8.67. The molecule has 0 spiro atoms. The first-order valence-electron chi connectivity index (χ1n) is 7.85. The van der Waals surface area contributed by atoms with Crippen molar-refractivity contribution in [2.45, 2.75) is 12.6 Å². The molecule has 1 aliphatic rings. The molecule has 1 saturated heterocycles. The Morgan fingerprint density at radius 3 is 3.00 bits per heavy atom. The van der Waals surface area contributed by atoms with Crippen molar-refractivity contribution >= 4 is 27.5 Å². The molecule has 0 aliphatic carbocycles. The predicted molar refractivity (Wildman–Crippen MR) is 95.7 cm³/mol. The molecule has 4 rings (SSSR count). The van der Waals surface area contributed by atoms with Gasteiger partial charge in [-0.15, -0.1) is 11.3 Å². The smallest absolute Gasteiger partial charge is 0.226 e. The highest BCUT2D eigenvalue weighted by Crippen LogP contribution is 2.32. The summed E-state index contributed by atoms with van der Waals surface area (Å²) in [5.41, 5.74) is 7.27. The van der Waals surface area contributed by atoms with Gasteiger partial charge in [0.2, 0.25) is 5.95 Å². The van der Waals surface area contributed by atoms with E-state index in [2.05, 4.69) is 45.5 Å². The molecule has 0 bridgehead atoms. The van der Waals surface area contributed by atoms with E-state index in [9.17, 15) is 0 Å². The van der Waals surface area contributed by atoms with Crippen molar-refractivity contribution in [3.05, 3.63) is 42.6 Å². The lowest BCUT2D eigenvalue weighted by Gasteiger charge is -2.22. The fraction of sp³-hybridized carbons (Fsp3) is 0.294. The third-order valence-electron chi connectivity index (χ3n) is 4.03. The number of benzene rings is 1. The molecule has 6 heteroatoms. The predicted octanol–water partition coefficient (Wildman–Crippen LogP) is 2.44. The number of thiophene rings is 1. The molecule has 3 N–H and O–H groups in total. The molecular formula is C17H19N5S. The molecule has 3 aromatic rings. The van der Waals surface area contributed by atoms with Gasteiger partial charge in [-0.2, -0.15) is 0 Å². The monoisotopic (exact) mass is 325 g/mol. The number of rotatable bonds is 2. The maximum atomic E-state index is 6.05. The summed E-state index contributed by atoms with van der Waals surface area (Å²) in [6, 6.07) is 12.6. The summed E-state index contributed by atoms with van der Waals surface area (Å²) >= 11 is 1.71. The average molecular weight is 325 g/mol. The van der Waals surface area contributed by atoms with Crippen LogP contribution in [-0.2, 0) is 0 Å². The van der Waals surface area contributed by atoms with Crippen molar-refractivity contribution in [3.63, 3.8) is 0 Å². The van der Waals surface area contributed by atoms with Gasteiger partial charge >= 0.3 is 0 Å². The van der Waals surface area contributed by atoms with Gasteiger partial charge in [0.15, 0.2) is 0 Å². The van der Waals surface area contributed by atoms with Crippen LogP contribution in [0.5, 0.6) is 0 Å². The molecule has 3 heterocycles. The number of fused-ring (bicyclic) bond motifs is 1. The summed E-state index contributed by atoms with van der Waals surface area (Å²) in [7, 11) is 0. The Morgan fingerprint density at radius 2 is 2.13 bits per heavy atom. The minimum atomic E-state index is -0.0278. The van der Waals surface area contributed by atoms with Crippen molar-refractivity contribution < 1.29 is 0 Å². The second-order valence-electron chi connectivity index (χ2n) is 5.77. The molecule has 1 unspecified atom stereocenters. The van der Waals surface area contributed by atoms with Crippen LogP contribution in [0.3, 0.4) is 0 Å². The number of nitrogens with two attached hydrogens (primary N) is 1. The number of aromatic nitrogens is 2. The molecule has 1 atom stereocenters. The molecule has 1 fully saturated rings. The van der Waals surface area contributed by atoms with E-state index in [1.807, 2.05) is 12.3 Å². The van der Waals surface area contributed by atoms with Crippen LogP contribution in [0.25, 0.3) is 20.7 Å². The van der Waals surface area contributed by atoms with Crippen LogP contribution >= 0.6 is 11.3 Å². The first kappa shape index (κ1) is 14.6. The Labute approximate surface area is 139 Å². The van der Waals surface area contributed by atoms with Crippen LogP contribution in [0.1, 0.15) is 6.42 Å². The third kappa shape index (κ3) is 3.06. The standard InChI is InChI=1S/C17H19N5S/c18-15-11-22(8-4-7-19-15)17-20-10-13-9-14(23-16(13)21-17)12-5-2-1-3-6-12/h1-3,5-6,9-10,15,19H,4,7-8,11,18H2. The molecule has 0 saturated carbocycles. The summed E-state index contributed by atoms with van der Waals surface area (Å²) in [6.45, 7) is 2.61. The quantitative estimate of drug-likeness (QED) is 0.757. The van der Waals surface area contributed by atoms with Gasteiger partial charge in [0.25, 0.3) is 0 Å². The van der Waals surface area contributed by atoms with Crippen LogP contribution in [-0.4, -0.2) is 35.8 Å². The summed E-state index contributed by atoms with van der Waals surface area (Å²) < 4.78 is 0. The number of hydrogen-bond acceptors (Lipinski definition) is 6. The van der Waals surface area contributed by atoms with E-state index in [4.69, 9.17) is 10.7 Å². The fourth-order valence-corrected chi connectivity index (χ4v) is 3.86. The minimum Gasteiger partial charge on any atom is -0.338 e. The first-order chi connectivity index (χ1) is 11.3. The molecule has 1 aromatic carbocycles. The van der Waals surface area contributed by atoms with Gasteiger partial charge in [-0.25, -0.2) is 9.97 Å². The molecule has 0 amide bonds. The Kier molecular flexibility index (Phi) is 3.95. The van der Waals surface area contributed by atoms with Gasteiger partial charge in [0.1, 0.15) is 4.83 Å². The lowest BCUT2D eigenvalue weighted by Crippen LogP contribution is -2.44. The highest BCUT2D eigenvalue weighted by Gasteiger charge is 2.17. The van der Waals surface area contributed by atoms with Crippen LogP contribution in [0.2, 0.25) is 0 Å². The van der Waals surface area contributed by atoms with Gasteiger partial charge in [0.05, 0.1) is 6.17 Å². The molecule has 2 aromatic heterocycles. The Bertz CT molecular complexity index is 801. The Morgan fingerprint density at radius 1 is 1.26 bits per heavy atom. The number of nitrogens with one attached hydrogen (secondary N) is 1. The van der Waals surface area contributed by atoms with Gasteiger partial charge in [0, 0.05) is 29.5 Å². The molecule has 0 radical (unpaired) electrons. The van der Waals surface area contributed by atoms with Crippen molar-refractivity contribution in [3.8, 4) is 10.4 Å². The number of hydrogen-bond donors (Lipinski definition) is 2. The largest absolute Gasteiger partial charge is 0.338 e. The van der Waals surface area contributed by atoms with E-state index in [0.717, 1.165) is 42.2 Å². The molecule has 23 heavy (non-hydrogen) atoms. The Balaban J connectivity index is 1.68. The van der Waals surface area contributed by atoms with Crippen molar-refractivity contribution in [2.75, 3.05) is 24.5 Å². The molecule has 1 aliphatic heterocycles. The highest BCUT2D eigenvalue weighted by molar-refractivity contribution is 7.21. The van der Waals surface area contributed by atoms with Crippen LogP contribution in [0, 0.1) is 0 Å². The van der Waals surface area contributed by atoms with E-state index >= 15 is 0 Å². The maximum Gasteiger partial charge on any atom is 0.226 e. The third-order valence-corrected chi connectivity index (χ3v) is 5.12. The topological polar surface area (TPSA) is 67.1 Å². The number of nitrogens with zero attached hydrogens (tertiary/aromatic N) is 3. The highest BCUT2D eigenvalue weighted by atomic mass is 32.1. The van der Waals surface area contributed by atoms with Gasteiger partial charge in [-0.05, 0) is 24.6 Å². The van der Waals surface area contributed by atoms with E-state index < -0.39 is 0 Å². The van der Waals surface area contributed by atoms with Crippen LogP contribution in [0.15, 0.2) is 42.6 Å². The van der Waals surface area contributed by atoms with Crippen LogP contribution in [0.4, 0.5) is 5.95 Å². The lowest BCUT2D eigenvalue weighted by atomic mass is 10.2. The van der Waals surface area contributed by atoms with E-state index in [0.29, 0.717) is 0 Å². The summed E-state index contributed by atoms with van der Waals surface area (Å²) in [5, 5.41) is 4.38. The van der Waals surface area contributed by atoms with E-state index in [1.165, 1.54) is 10.4 Å². The number of anilines is 1. The average Bonchev–Trinajstić information content (AvgIpc) is 2.89. The zero-order valence-electron chi connectivity index (χ0n) is 12.8. The summed E-state index contributed by atoms with van der Waals surface area (Å²) in [6.07, 6.45) is 2.94. The van der Waals surface area contributed by atoms with Crippen molar-refractivity contribution in [1.82, 2.24) is 15.3 Å². The van der Waals surface area contributed by atoms with E-state index in [1.54, 1.807) is 11.3 Å². The fourth-order valence-electron chi connectivity index (χ4n) is 2.85. The van der Waals surface area contributed by atoms with Crippen LogP contribution < -0.4 is 16.0 Å². The van der Waals surface area contributed by atoms with Gasteiger partial charge in [-0.3, -0.25) is 0 Å². The second kappa shape index (κ2) is 6.23. The summed E-state index contributed by atoms with van der Waals surface area (Å²) in [4.78, 5) is 13.7. The summed E-state index contributed by atoms with van der Waals surface area (Å²) in [5.74, 6) is 0.776. The van der Waals surface area contributed by atoms with Crippen molar-refractivity contribution in [2.24, 2.45) is 5.73 Å². The SMILES string of the molecule is NC1CN(c2ncc3cc(-c4ccccc4)sc3n2)CCCN1. The normalized spacial score (nSPS) is 19.0. The molecule has 118 valence electrons. The lowest BCUT2D eigenvalue weighted by molar-refractivity contribution is 0.560. The maximum absolute atomic E-state index is 6.05. The minimum absolute atomic E-state index is 0.0278. The van der Waals surface area contributed by atoms with Gasteiger partial charge in [-0.1, -0.05) is 30.3 Å². The zero-order chi connectivity index (χ0) is 15.6. The molecule has 5 nitrogen and oxygen atoms in total. The van der Waals surface area contributed by atoms with Gasteiger partial charge < -0.3 is 16.0 Å². The van der Waals surface area contributed by atoms with E-state index in [-0.39, 0.29) is 6.17 Å².